The zero-order chi connectivity index (χ0) is 12.5. The predicted octanol–water partition coefficient (Wildman–Crippen LogP) is 4.64. The number of allylic oxidation sites excluding steroid dienone is 2. The van der Waals surface area contributed by atoms with Crippen LogP contribution >= 0.6 is 0 Å². The van der Waals surface area contributed by atoms with Crippen LogP contribution < -0.4 is 0 Å². The summed E-state index contributed by atoms with van der Waals surface area (Å²) in [5.74, 6) is 0.650. The molecule has 0 aliphatic heterocycles. The van der Waals surface area contributed by atoms with Gasteiger partial charge in [-0.3, -0.25) is 4.79 Å². The molecule has 1 aromatic rings. The molecule has 1 aromatic carbocycles. The topological polar surface area (TPSA) is 17.1 Å². The molecule has 0 amide bonds. The lowest BCUT2D eigenvalue weighted by Gasteiger charge is -2.11. The fraction of sp³-hybridized carbons (Fsp3) is 0.438. The molecule has 0 radical (unpaired) electrons. The highest BCUT2D eigenvalue weighted by Crippen LogP contribution is 2.17. The second-order valence-electron chi connectivity index (χ2n) is 4.42. The lowest BCUT2D eigenvalue weighted by atomic mass is 9.93. The predicted molar refractivity (Wildman–Crippen MR) is 73.2 cm³/mol. The largest absolute Gasteiger partial charge is 0.294 e. The average Bonchev–Trinajstić information content (AvgIpc) is 2.37. The maximum absolute atomic E-state index is 12.1. The molecule has 0 aliphatic carbocycles. The van der Waals surface area contributed by atoms with E-state index in [1.54, 1.807) is 0 Å². The zero-order valence-electron chi connectivity index (χ0n) is 10.9. The van der Waals surface area contributed by atoms with Gasteiger partial charge in [-0.05, 0) is 19.3 Å². The van der Waals surface area contributed by atoms with Crippen molar-refractivity contribution in [3.8, 4) is 0 Å². The zero-order valence-corrected chi connectivity index (χ0v) is 10.9. The molecule has 0 spiro atoms. The van der Waals surface area contributed by atoms with Crippen molar-refractivity contribution in [2.75, 3.05) is 0 Å². The van der Waals surface area contributed by atoms with Crippen LogP contribution in [0.2, 0.25) is 0 Å². The summed E-state index contributed by atoms with van der Waals surface area (Å²) in [4.78, 5) is 12.1. The number of ketones is 1. The standard InChI is InChI=1S/C16H22O/c1-3-5-10-14(9-4-2)13-16(17)15-11-7-6-8-12-15/h4,6-9,11-12,14H,3,5,10,13H2,1-2H3/b9-4+. The molecule has 0 aliphatic rings. The fourth-order valence-corrected chi connectivity index (χ4v) is 1.98. The number of Topliss-reactive ketones (excluding diaryl/α,β-unsaturated/α-hetero) is 1. The van der Waals surface area contributed by atoms with Crippen LogP contribution in [0.15, 0.2) is 42.5 Å². The lowest BCUT2D eigenvalue weighted by Crippen LogP contribution is -2.07. The maximum Gasteiger partial charge on any atom is 0.163 e. The van der Waals surface area contributed by atoms with Crippen LogP contribution in [0.3, 0.4) is 0 Å². The normalized spacial score (nSPS) is 12.8. The number of unbranched alkanes of at least 4 members (excludes halogenated alkanes) is 1. The summed E-state index contributed by atoms with van der Waals surface area (Å²) in [6.07, 6.45) is 8.34. The van der Waals surface area contributed by atoms with Crippen LogP contribution in [0.5, 0.6) is 0 Å². The minimum atomic E-state index is 0.254. The fourth-order valence-electron chi connectivity index (χ4n) is 1.98. The lowest BCUT2D eigenvalue weighted by molar-refractivity contribution is 0.0967. The van der Waals surface area contributed by atoms with Crippen LogP contribution in [0.1, 0.15) is 49.9 Å². The van der Waals surface area contributed by atoms with Crippen molar-refractivity contribution in [3.63, 3.8) is 0 Å². The Balaban J connectivity index is 2.58. The molecule has 17 heavy (non-hydrogen) atoms. The summed E-state index contributed by atoms with van der Waals surface area (Å²) in [6.45, 7) is 4.21. The molecule has 1 atom stereocenters. The van der Waals surface area contributed by atoms with E-state index in [0.29, 0.717) is 12.3 Å². The van der Waals surface area contributed by atoms with Gasteiger partial charge in [0, 0.05) is 12.0 Å². The van der Waals surface area contributed by atoms with Crippen LogP contribution in [0.4, 0.5) is 0 Å². The van der Waals surface area contributed by atoms with E-state index in [1.807, 2.05) is 37.3 Å². The van der Waals surface area contributed by atoms with Crippen LogP contribution in [0, 0.1) is 5.92 Å². The van der Waals surface area contributed by atoms with Crippen LogP contribution in [-0.2, 0) is 0 Å². The summed E-state index contributed by atoms with van der Waals surface area (Å²) in [5, 5.41) is 0. The number of rotatable bonds is 7. The number of carbonyl (C=O) groups is 1. The Hall–Kier alpha value is -1.37. The smallest absolute Gasteiger partial charge is 0.163 e. The number of hydrogen-bond acceptors (Lipinski definition) is 1. The molecular formula is C16H22O. The second kappa shape index (κ2) is 7.83. The molecule has 1 nitrogen and oxygen atoms in total. The van der Waals surface area contributed by atoms with E-state index < -0.39 is 0 Å². The molecule has 1 unspecified atom stereocenters. The van der Waals surface area contributed by atoms with Gasteiger partial charge in [-0.25, -0.2) is 0 Å². The van der Waals surface area contributed by atoms with Gasteiger partial charge >= 0.3 is 0 Å². The molecule has 0 fully saturated rings. The van der Waals surface area contributed by atoms with Crippen molar-refractivity contribution >= 4 is 5.78 Å². The third-order valence-electron chi connectivity index (χ3n) is 2.94. The van der Waals surface area contributed by atoms with Gasteiger partial charge in [0.05, 0.1) is 0 Å². The van der Waals surface area contributed by atoms with Crippen molar-refractivity contribution in [2.24, 2.45) is 5.92 Å². The Bertz CT molecular complexity index is 351. The third kappa shape index (κ3) is 4.99. The molecule has 1 heteroatoms. The van der Waals surface area contributed by atoms with Gasteiger partial charge in [-0.1, -0.05) is 62.2 Å². The summed E-state index contributed by atoms with van der Waals surface area (Å²) >= 11 is 0. The Morgan fingerprint density at radius 1 is 1.29 bits per heavy atom. The van der Waals surface area contributed by atoms with Gasteiger partial charge in [-0.15, -0.1) is 0 Å². The first kappa shape index (κ1) is 13.7. The van der Waals surface area contributed by atoms with E-state index in [4.69, 9.17) is 0 Å². The third-order valence-corrected chi connectivity index (χ3v) is 2.94. The molecule has 0 heterocycles. The number of benzene rings is 1. The maximum atomic E-state index is 12.1. The van der Waals surface area contributed by atoms with E-state index in [0.717, 1.165) is 12.0 Å². The van der Waals surface area contributed by atoms with Gasteiger partial charge in [0.2, 0.25) is 0 Å². The van der Waals surface area contributed by atoms with Gasteiger partial charge in [0.25, 0.3) is 0 Å². The molecule has 0 saturated carbocycles. The van der Waals surface area contributed by atoms with Crippen molar-refractivity contribution in [1.29, 1.82) is 0 Å². The molecule has 1 rings (SSSR count). The van der Waals surface area contributed by atoms with Crippen molar-refractivity contribution in [1.82, 2.24) is 0 Å². The Morgan fingerprint density at radius 2 is 2.00 bits per heavy atom. The van der Waals surface area contributed by atoms with E-state index in [1.165, 1.54) is 12.8 Å². The summed E-state index contributed by atoms with van der Waals surface area (Å²) in [7, 11) is 0. The first-order valence-electron chi connectivity index (χ1n) is 6.49. The Labute approximate surface area is 105 Å². The SMILES string of the molecule is C/C=C/C(CCCC)CC(=O)c1ccccc1. The van der Waals surface area contributed by atoms with E-state index in [-0.39, 0.29) is 5.78 Å². The van der Waals surface area contributed by atoms with Crippen molar-refractivity contribution in [3.05, 3.63) is 48.0 Å². The number of carbonyl (C=O) groups excluding carboxylic acids is 1. The van der Waals surface area contributed by atoms with Gasteiger partial charge in [0.15, 0.2) is 5.78 Å². The van der Waals surface area contributed by atoms with Gasteiger partial charge in [0.1, 0.15) is 0 Å². The Morgan fingerprint density at radius 3 is 2.59 bits per heavy atom. The molecule has 0 bridgehead atoms. The highest BCUT2D eigenvalue weighted by molar-refractivity contribution is 5.96. The number of hydrogen-bond donors (Lipinski definition) is 0. The summed E-state index contributed by atoms with van der Waals surface area (Å²) in [5.41, 5.74) is 0.832. The molecular weight excluding hydrogens is 208 g/mol. The van der Waals surface area contributed by atoms with Crippen LogP contribution in [-0.4, -0.2) is 5.78 Å². The van der Waals surface area contributed by atoms with Crippen molar-refractivity contribution < 1.29 is 4.79 Å². The Kier molecular flexibility index (Phi) is 6.31. The highest BCUT2D eigenvalue weighted by Gasteiger charge is 2.11. The second-order valence-corrected chi connectivity index (χ2v) is 4.42. The van der Waals surface area contributed by atoms with Gasteiger partial charge < -0.3 is 0 Å². The quantitative estimate of drug-likeness (QED) is 0.492. The first-order chi connectivity index (χ1) is 8.27. The van der Waals surface area contributed by atoms with Crippen molar-refractivity contribution in [2.45, 2.75) is 39.5 Å². The molecule has 0 saturated heterocycles. The minimum Gasteiger partial charge on any atom is -0.294 e. The summed E-state index contributed by atoms with van der Waals surface area (Å²) < 4.78 is 0. The summed E-state index contributed by atoms with van der Waals surface area (Å²) in [6, 6.07) is 9.58. The monoisotopic (exact) mass is 230 g/mol. The average molecular weight is 230 g/mol. The molecule has 0 N–H and O–H groups in total. The highest BCUT2D eigenvalue weighted by atomic mass is 16.1. The first-order valence-corrected chi connectivity index (χ1v) is 6.49. The van der Waals surface area contributed by atoms with Gasteiger partial charge in [-0.2, -0.15) is 0 Å². The minimum absolute atomic E-state index is 0.254. The van der Waals surface area contributed by atoms with E-state index in [2.05, 4.69) is 19.1 Å². The van der Waals surface area contributed by atoms with Crippen LogP contribution in [0.25, 0.3) is 0 Å². The molecule has 92 valence electrons. The molecule has 0 aromatic heterocycles. The van der Waals surface area contributed by atoms with E-state index in [9.17, 15) is 4.79 Å². The van der Waals surface area contributed by atoms with E-state index >= 15 is 0 Å².